The van der Waals surface area contributed by atoms with Gasteiger partial charge in [-0.2, -0.15) is 12.6 Å². The minimum absolute atomic E-state index is 0.234. The molecule has 0 radical (unpaired) electrons. The van der Waals surface area contributed by atoms with Gasteiger partial charge in [-0.3, -0.25) is 0 Å². The highest BCUT2D eigenvalue weighted by Crippen LogP contribution is 2.13. The van der Waals surface area contributed by atoms with Gasteiger partial charge in [0.15, 0.2) is 0 Å². The van der Waals surface area contributed by atoms with Crippen molar-refractivity contribution in [2.24, 2.45) is 0 Å². The molecule has 0 saturated heterocycles. The number of hydrogen-bond acceptors (Lipinski definition) is 3. The average Bonchev–Trinajstić information content (AvgIpc) is 2.20. The average molecular weight is 225 g/mol. The summed E-state index contributed by atoms with van der Waals surface area (Å²) in [6, 6.07) is 8.20. The molecule has 0 fully saturated rings. The summed E-state index contributed by atoms with van der Waals surface area (Å²) in [4.78, 5) is 0. The van der Waals surface area contributed by atoms with E-state index in [1.54, 1.807) is 0 Å². The molecule has 0 unspecified atom stereocenters. The molecule has 1 aromatic carbocycles. The van der Waals surface area contributed by atoms with Crippen LogP contribution in [0.1, 0.15) is 19.4 Å². The predicted octanol–water partition coefficient (Wildman–Crippen LogP) is 2.49. The normalized spacial score (nSPS) is 10.7. The van der Waals surface area contributed by atoms with Gasteiger partial charge in [-0.1, -0.05) is 12.1 Å². The van der Waals surface area contributed by atoms with Crippen LogP contribution in [0.25, 0.3) is 0 Å². The third-order valence-electron chi connectivity index (χ3n) is 1.91. The van der Waals surface area contributed by atoms with Crippen LogP contribution in [0.3, 0.4) is 0 Å². The van der Waals surface area contributed by atoms with Crippen molar-refractivity contribution in [3.63, 3.8) is 0 Å². The fourth-order valence-electron chi connectivity index (χ4n) is 1.27. The molecule has 3 heteroatoms. The zero-order valence-electron chi connectivity index (χ0n) is 9.36. The lowest BCUT2D eigenvalue weighted by Crippen LogP contribution is -2.15. The lowest BCUT2D eigenvalue weighted by atomic mass is 10.2. The van der Waals surface area contributed by atoms with Gasteiger partial charge in [0.05, 0.1) is 6.10 Å². The molecule has 0 aromatic heterocycles. The molecule has 0 heterocycles. The summed E-state index contributed by atoms with van der Waals surface area (Å²) in [5.41, 5.74) is 1.27. The largest absolute Gasteiger partial charge is 0.491 e. The van der Waals surface area contributed by atoms with Gasteiger partial charge in [0, 0.05) is 18.8 Å². The molecule has 0 saturated carbocycles. The molecule has 1 rings (SSSR count). The van der Waals surface area contributed by atoms with Crippen molar-refractivity contribution in [1.82, 2.24) is 5.32 Å². The van der Waals surface area contributed by atoms with Gasteiger partial charge >= 0.3 is 0 Å². The first-order valence-corrected chi connectivity index (χ1v) is 5.93. The van der Waals surface area contributed by atoms with Gasteiger partial charge in [0.1, 0.15) is 5.75 Å². The van der Waals surface area contributed by atoms with E-state index >= 15 is 0 Å². The molecule has 0 aliphatic carbocycles. The summed E-state index contributed by atoms with van der Waals surface area (Å²) in [6.45, 7) is 5.89. The van der Waals surface area contributed by atoms with E-state index < -0.39 is 0 Å². The summed E-state index contributed by atoms with van der Waals surface area (Å²) in [7, 11) is 0. The van der Waals surface area contributed by atoms with Gasteiger partial charge in [0.25, 0.3) is 0 Å². The molecule has 0 bridgehead atoms. The van der Waals surface area contributed by atoms with Crippen molar-refractivity contribution in [2.45, 2.75) is 26.5 Å². The quantitative estimate of drug-likeness (QED) is 0.573. The second kappa shape index (κ2) is 6.75. The number of hydrogen-bond donors (Lipinski definition) is 2. The second-order valence-corrected chi connectivity index (χ2v) is 4.16. The molecule has 0 amide bonds. The van der Waals surface area contributed by atoms with Crippen LogP contribution in [0, 0.1) is 0 Å². The van der Waals surface area contributed by atoms with E-state index in [1.165, 1.54) is 5.56 Å². The van der Waals surface area contributed by atoms with Crippen LogP contribution in [0.5, 0.6) is 5.75 Å². The van der Waals surface area contributed by atoms with E-state index in [4.69, 9.17) is 4.74 Å². The summed E-state index contributed by atoms with van der Waals surface area (Å²) >= 11 is 4.14. The topological polar surface area (TPSA) is 21.3 Å². The van der Waals surface area contributed by atoms with Crippen molar-refractivity contribution in [3.05, 3.63) is 29.8 Å². The minimum atomic E-state index is 0.234. The smallest absolute Gasteiger partial charge is 0.119 e. The Kier molecular flexibility index (Phi) is 5.58. The maximum absolute atomic E-state index is 5.56. The van der Waals surface area contributed by atoms with Gasteiger partial charge in [-0.15, -0.1) is 0 Å². The molecule has 0 spiro atoms. The zero-order chi connectivity index (χ0) is 11.1. The predicted molar refractivity (Wildman–Crippen MR) is 67.8 cm³/mol. The second-order valence-electron chi connectivity index (χ2n) is 3.71. The Morgan fingerprint density at radius 1 is 1.27 bits per heavy atom. The number of benzene rings is 1. The van der Waals surface area contributed by atoms with E-state index in [9.17, 15) is 0 Å². The molecule has 1 N–H and O–H groups in total. The maximum Gasteiger partial charge on any atom is 0.119 e. The standard InChI is InChI=1S/C12H19NOS/c1-10(2)14-12-5-3-11(4-6-12)9-13-7-8-15/h3-6,10,13,15H,7-9H2,1-2H3. The molecule has 1 aromatic rings. The summed E-state index contributed by atoms with van der Waals surface area (Å²) in [5.74, 6) is 1.80. The van der Waals surface area contributed by atoms with Crippen LogP contribution >= 0.6 is 12.6 Å². The summed E-state index contributed by atoms with van der Waals surface area (Å²) in [5, 5.41) is 3.29. The van der Waals surface area contributed by atoms with E-state index in [2.05, 4.69) is 30.1 Å². The Morgan fingerprint density at radius 2 is 1.93 bits per heavy atom. The maximum atomic E-state index is 5.56. The number of thiol groups is 1. The Bertz CT molecular complexity index is 271. The van der Waals surface area contributed by atoms with Gasteiger partial charge in [-0.05, 0) is 31.5 Å². The van der Waals surface area contributed by atoms with E-state index in [1.807, 2.05) is 26.0 Å². The van der Waals surface area contributed by atoms with Gasteiger partial charge < -0.3 is 10.1 Å². The highest BCUT2D eigenvalue weighted by molar-refractivity contribution is 7.80. The van der Waals surface area contributed by atoms with Crippen molar-refractivity contribution in [2.75, 3.05) is 12.3 Å². The third-order valence-corrected chi connectivity index (χ3v) is 2.14. The summed E-state index contributed by atoms with van der Waals surface area (Å²) < 4.78 is 5.56. The SMILES string of the molecule is CC(C)Oc1ccc(CNCCS)cc1. The van der Waals surface area contributed by atoms with Crippen LogP contribution in [-0.4, -0.2) is 18.4 Å². The molecule has 15 heavy (non-hydrogen) atoms. The Labute approximate surface area is 97.4 Å². The highest BCUT2D eigenvalue weighted by atomic mass is 32.1. The van der Waals surface area contributed by atoms with Crippen LogP contribution in [0.2, 0.25) is 0 Å². The minimum Gasteiger partial charge on any atom is -0.491 e. The first-order valence-electron chi connectivity index (χ1n) is 5.29. The highest BCUT2D eigenvalue weighted by Gasteiger charge is 1.97. The van der Waals surface area contributed by atoms with E-state index in [-0.39, 0.29) is 6.10 Å². The first-order chi connectivity index (χ1) is 7.22. The fraction of sp³-hybridized carbons (Fsp3) is 0.500. The molecule has 0 aliphatic heterocycles. The van der Waals surface area contributed by atoms with E-state index in [0.29, 0.717) is 0 Å². The lowest BCUT2D eigenvalue weighted by molar-refractivity contribution is 0.242. The lowest BCUT2D eigenvalue weighted by Gasteiger charge is -2.10. The van der Waals surface area contributed by atoms with Crippen LogP contribution < -0.4 is 10.1 Å². The Balaban J connectivity index is 2.42. The molecular weight excluding hydrogens is 206 g/mol. The number of nitrogens with one attached hydrogen (secondary N) is 1. The monoisotopic (exact) mass is 225 g/mol. The van der Waals surface area contributed by atoms with Crippen molar-refractivity contribution in [1.29, 1.82) is 0 Å². The van der Waals surface area contributed by atoms with Crippen LogP contribution in [0.15, 0.2) is 24.3 Å². The van der Waals surface area contributed by atoms with Crippen molar-refractivity contribution >= 4 is 12.6 Å². The number of ether oxygens (including phenoxy) is 1. The van der Waals surface area contributed by atoms with E-state index in [0.717, 1.165) is 24.6 Å². The Morgan fingerprint density at radius 3 is 2.47 bits per heavy atom. The number of rotatable bonds is 6. The van der Waals surface area contributed by atoms with Gasteiger partial charge in [-0.25, -0.2) is 0 Å². The molecule has 0 atom stereocenters. The first kappa shape index (κ1) is 12.4. The van der Waals surface area contributed by atoms with Crippen LogP contribution in [0.4, 0.5) is 0 Å². The zero-order valence-corrected chi connectivity index (χ0v) is 10.3. The summed E-state index contributed by atoms with van der Waals surface area (Å²) in [6.07, 6.45) is 0.234. The molecule has 0 aliphatic rings. The molecule has 2 nitrogen and oxygen atoms in total. The van der Waals surface area contributed by atoms with Gasteiger partial charge in [0.2, 0.25) is 0 Å². The molecular formula is C12H19NOS. The van der Waals surface area contributed by atoms with Crippen molar-refractivity contribution < 1.29 is 4.74 Å². The van der Waals surface area contributed by atoms with Crippen LogP contribution in [-0.2, 0) is 6.54 Å². The molecule has 84 valence electrons. The third kappa shape index (κ3) is 5.09. The van der Waals surface area contributed by atoms with Crippen molar-refractivity contribution in [3.8, 4) is 5.75 Å². The Hall–Kier alpha value is -0.670. The fourth-order valence-corrected chi connectivity index (χ4v) is 1.43.